The van der Waals surface area contributed by atoms with Crippen LogP contribution in [0.25, 0.3) is 0 Å². The van der Waals surface area contributed by atoms with E-state index in [1.165, 1.54) is 20.5 Å². The van der Waals surface area contributed by atoms with Gasteiger partial charge >= 0.3 is 5.97 Å². The summed E-state index contributed by atoms with van der Waals surface area (Å²) in [4.78, 5) is 18.0. The Labute approximate surface area is 74.1 Å². The monoisotopic (exact) mass is 184 g/mol. The zero-order valence-electron chi connectivity index (χ0n) is 7.14. The lowest BCUT2D eigenvalue weighted by Crippen LogP contribution is -2.06. The highest BCUT2D eigenvalue weighted by molar-refractivity contribution is 5.92. The lowest BCUT2D eigenvalue weighted by atomic mass is 10.3. The van der Waals surface area contributed by atoms with Gasteiger partial charge in [-0.3, -0.25) is 0 Å². The van der Waals surface area contributed by atoms with E-state index in [4.69, 9.17) is 14.6 Å². The topological polar surface area (TPSA) is 81.5 Å². The largest absolute Gasteiger partial charge is 0.480 e. The van der Waals surface area contributed by atoms with Crippen LogP contribution >= 0.6 is 0 Å². The van der Waals surface area contributed by atoms with Crippen molar-refractivity contribution in [2.24, 2.45) is 0 Å². The minimum atomic E-state index is -1.19. The van der Waals surface area contributed by atoms with Crippen LogP contribution in [0.3, 0.4) is 0 Å². The van der Waals surface area contributed by atoms with Gasteiger partial charge in [0.25, 0.3) is 0 Å². The van der Waals surface area contributed by atoms with Crippen molar-refractivity contribution in [2.45, 2.75) is 0 Å². The van der Waals surface area contributed by atoms with Crippen molar-refractivity contribution in [3.8, 4) is 11.8 Å². The first-order valence-electron chi connectivity index (χ1n) is 3.37. The minimum Gasteiger partial charge on any atom is -0.480 e. The Balaban J connectivity index is 3.29. The summed E-state index contributed by atoms with van der Waals surface area (Å²) in [6.07, 6.45) is 1.17. The molecule has 0 aliphatic rings. The Bertz CT molecular complexity index is 304. The number of aromatic nitrogens is 2. The molecule has 0 fully saturated rings. The van der Waals surface area contributed by atoms with Gasteiger partial charge in [0, 0.05) is 0 Å². The van der Waals surface area contributed by atoms with Gasteiger partial charge in [-0.15, -0.1) is 0 Å². The average Bonchev–Trinajstić information content (AvgIpc) is 2.16. The van der Waals surface area contributed by atoms with E-state index in [0.29, 0.717) is 0 Å². The van der Waals surface area contributed by atoms with Gasteiger partial charge < -0.3 is 14.6 Å². The van der Waals surface area contributed by atoms with Gasteiger partial charge in [-0.1, -0.05) is 0 Å². The van der Waals surface area contributed by atoms with E-state index in [1.54, 1.807) is 0 Å². The van der Waals surface area contributed by atoms with Crippen LogP contribution in [0.15, 0.2) is 6.33 Å². The maximum atomic E-state index is 10.7. The van der Waals surface area contributed by atoms with Crippen molar-refractivity contribution in [3.63, 3.8) is 0 Å². The zero-order valence-corrected chi connectivity index (χ0v) is 7.14. The molecule has 0 spiro atoms. The molecule has 1 heterocycles. The highest BCUT2D eigenvalue weighted by atomic mass is 16.5. The molecule has 1 N–H and O–H groups in total. The molecule has 6 nitrogen and oxygen atoms in total. The predicted octanol–water partition coefficient (Wildman–Crippen LogP) is 0.192. The van der Waals surface area contributed by atoms with Gasteiger partial charge in [0.2, 0.25) is 11.8 Å². The van der Waals surface area contributed by atoms with Crippen molar-refractivity contribution >= 4 is 5.97 Å². The normalized spacial score (nSPS) is 9.38. The van der Waals surface area contributed by atoms with Crippen LogP contribution < -0.4 is 9.47 Å². The van der Waals surface area contributed by atoms with Gasteiger partial charge in [0.1, 0.15) is 6.33 Å². The Kier molecular flexibility index (Phi) is 2.63. The van der Waals surface area contributed by atoms with Crippen LogP contribution in [-0.4, -0.2) is 35.3 Å². The SMILES string of the molecule is COc1ncnc(OC)c1C(=O)O. The summed E-state index contributed by atoms with van der Waals surface area (Å²) < 4.78 is 9.47. The summed E-state index contributed by atoms with van der Waals surface area (Å²) >= 11 is 0. The third kappa shape index (κ3) is 1.66. The second-order valence-electron chi connectivity index (χ2n) is 2.07. The molecular weight excluding hydrogens is 176 g/mol. The van der Waals surface area contributed by atoms with Crippen LogP contribution in [0.5, 0.6) is 11.8 Å². The molecular formula is C7H8N2O4. The fourth-order valence-electron chi connectivity index (χ4n) is 0.847. The summed E-state index contributed by atoms with van der Waals surface area (Å²) in [5.41, 5.74) is -0.174. The van der Waals surface area contributed by atoms with Crippen LogP contribution in [0.4, 0.5) is 0 Å². The summed E-state index contributed by atoms with van der Waals surface area (Å²) in [5.74, 6) is -1.21. The van der Waals surface area contributed by atoms with Gasteiger partial charge in [-0.2, -0.15) is 0 Å². The number of rotatable bonds is 3. The molecule has 1 rings (SSSR count). The molecule has 1 aromatic rings. The van der Waals surface area contributed by atoms with Gasteiger partial charge in [-0.25, -0.2) is 14.8 Å². The molecule has 0 aliphatic heterocycles. The average molecular weight is 184 g/mol. The van der Waals surface area contributed by atoms with Crippen LogP contribution in [0, 0.1) is 0 Å². The van der Waals surface area contributed by atoms with E-state index in [2.05, 4.69) is 9.97 Å². The number of ether oxygens (including phenoxy) is 2. The first kappa shape index (κ1) is 9.24. The van der Waals surface area contributed by atoms with Crippen LogP contribution in [-0.2, 0) is 0 Å². The van der Waals surface area contributed by atoms with Crippen molar-refractivity contribution < 1.29 is 19.4 Å². The first-order valence-corrected chi connectivity index (χ1v) is 3.37. The second kappa shape index (κ2) is 3.70. The second-order valence-corrected chi connectivity index (χ2v) is 2.07. The van der Waals surface area contributed by atoms with E-state index >= 15 is 0 Å². The molecule has 0 saturated heterocycles. The number of nitrogens with zero attached hydrogens (tertiary/aromatic N) is 2. The highest BCUT2D eigenvalue weighted by Crippen LogP contribution is 2.22. The Morgan fingerprint density at radius 1 is 1.31 bits per heavy atom. The van der Waals surface area contributed by atoms with Gasteiger partial charge in [0.15, 0.2) is 5.56 Å². The van der Waals surface area contributed by atoms with Crippen LogP contribution in [0.2, 0.25) is 0 Å². The van der Waals surface area contributed by atoms with E-state index in [0.717, 1.165) is 0 Å². The van der Waals surface area contributed by atoms with Crippen molar-refractivity contribution in [3.05, 3.63) is 11.9 Å². The number of carbonyl (C=O) groups is 1. The molecule has 0 saturated carbocycles. The summed E-state index contributed by atoms with van der Waals surface area (Å²) in [7, 11) is 2.66. The molecule has 0 aromatic carbocycles. The Hall–Kier alpha value is -1.85. The maximum absolute atomic E-state index is 10.7. The third-order valence-electron chi connectivity index (χ3n) is 1.38. The molecule has 70 valence electrons. The van der Waals surface area contributed by atoms with Crippen molar-refractivity contribution in [2.75, 3.05) is 14.2 Å². The maximum Gasteiger partial charge on any atom is 0.346 e. The summed E-state index contributed by atoms with van der Waals surface area (Å²) in [5, 5.41) is 8.77. The molecule has 0 amide bonds. The van der Waals surface area contributed by atoms with Crippen LogP contribution in [0.1, 0.15) is 10.4 Å². The lowest BCUT2D eigenvalue weighted by Gasteiger charge is -2.05. The summed E-state index contributed by atoms with van der Waals surface area (Å²) in [6, 6.07) is 0. The fraction of sp³-hybridized carbons (Fsp3) is 0.286. The smallest absolute Gasteiger partial charge is 0.346 e. The first-order chi connectivity index (χ1) is 6.20. The molecule has 6 heteroatoms. The third-order valence-corrected chi connectivity index (χ3v) is 1.38. The van der Waals surface area contributed by atoms with Crippen molar-refractivity contribution in [1.29, 1.82) is 0 Å². The predicted molar refractivity (Wildman–Crippen MR) is 42.1 cm³/mol. The zero-order chi connectivity index (χ0) is 9.84. The van der Waals surface area contributed by atoms with E-state index in [-0.39, 0.29) is 17.3 Å². The molecule has 13 heavy (non-hydrogen) atoms. The lowest BCUT2D eigenvalue weighted by molar-refractivity contribution is 0.0687. The number of carboxylic acids is 1. The number of carboxylic acid groups (broad SMARTS) is 1. The molecule has 0 aliphatic carbocycles. The van der Waals surface area contributed by atoms with Gasteiger partial charge in [0.05, 0.1) is 14.2 Å². The highest BCUT2D eigenvalue weighted by Gasteiger charge is 2.19. The molecule has 0 radical (unpaired) electrons. The molecule has 0 atom stereocenters. The number of aromatic carboxylic acids is 1. The van der Waals surface area contributed by atoms with E-state index in [9.17, 15) is 4.79 Å². The number of hydrogen-bond donors (Lipinski definition) is 1. The molecule has 0 unspecified atom stereocenters. The number of hydrogen-bond acceptors (Lipinski definition) is 5. The fourth-order valence-corrected chi connectivity index (χ4v) is 0.847. The Morgan fingerprint density at radius 2 is 1.77 bits per heavy atom. The quantitative estimate of drug-likeness (QED) is 0.722. The summed E-state index contributed by atoms with van der Waals surface area (Å²) in [6.45, 7) is 0. The van der Waals surface area contributed by atoms with Crippen molar-refractivity contribution in [1.82, 2.24) is 9.97 Å². The molecule has 1 aromatic heterocycles. The number of methoxy groups -OCH3 is 2. The van der Waals surface area contributed by atoms with E-state index in [1.807, 2.05) is 0 Å². The Morgan fingerprint density at radius 3 is 2.08 bits per heavy atom. The standard InChI is InChI=1S/C7H8N2O4/c1-12-5-4(7(10)11)6(13-2)9-3-8-5/h3H,1-2H3,(H,10,11). The van der Waals surface area contributed by atoms with Gasteiger partial charge in [-0.05, 0) is 0 Å². The van der Waals surface area contributed by atoms with E-state index < -0.39 is 5.97 Å². The molecule has 0 bridgehead atoms. The minimum absolute atomic E-state index is 0.0145.